The number of rotatable bonds is 4. The van der Waals surface area contributed by atoms with Crippen molar-refractivity contribution < 1.29 is 9.21 Å². The summed E-state index contributed by atoms with van der Waals surface area (Å²) in [6.07, 6.45) is 3.49. The molecule has 0 aliphatic carbocycles. The van der Waals surface area contributed by atoms with E-state index in [0.29, 0.717) is 22.8 Å². The van der Waals surface area contributed by atoms with Crippen LogP contribution in [0.3, 0.4) is 0 Å². The molecular weight excluding hydrogens is 274 g/mol. The highest BCUT2D eigenvalue weighted by Gasteiger charge is 2.13. The van der Waals surface area contributed by atoms with Gasteiger partial charge in [-0.2, -0.15) is 0 Å². The maximum absolute atomic E-state index is 12.5. The number of furan rings is 1. The number of carbonyl (C=O) groups is 1. The lowest BCUT2D eigenvalue weighted by Crippen LogP contribution is -2.10. The van der Waals surface area contributed by atoms with E-state index in [1.807, 2.05) is 29.0 Å². The average molecular weight is 286 g/mol. The van der Waals surface area contributed by atoms with Crippen LogP contribution in [0.2, 0.25) is 5.02 Å². The third-order valence-electron chi connectivity index (χ3n) is 3.07. The van der Waals surface area contributed by atoms with Crippen LogP contribution in [0.4, 0.5) is 0 Å². The summed E-state index contributed by atoms with van der Waals surface area (Å²) in [7, 11) is 0. The van der Waals surface area contributed by atoms with Crippen LogP contribution in [0.25, 0.3) is 0 Å². The molecule has 100 valence electrons. The molecule has 3 rings (SSSR count). The Hall–Kier alpha value is -2.26. The Labute approximate surface area is 121 Å². The Morgan fingerprint density at radius 1 is 1.10 bits per heavy atom. The molecule has 1 aromatic carbocycles. The Kier molecular flexibility index (Phi) is 3.44. The normalized spacial score (nSPS) is 10.7. The molecule has 0 fully saturated rings. The second-order valence-electron chi connectivity index (χ2n) is 4.44. The zero-order chi connectivity index (χ0) is 13.9. The molecule has 3 nitrogen and oxygen atoms in total. The number of hydrogen-bond acceptors (Lipinski definition) is 2. The molecule has 0 atom stereocenters. The van der Waals surface area contributed by atoms with Crippen LogP contribution >= 0.6 is 11.6 Å². The minimum absolute atomic E-state index is 0.0294. The molecule has 0 bridgehead atoms. The first-order valence-corrected chi connectivity index (χ1v) is 6.59. The predicted molar refractivity (Wildman–Crippen MR) is 77.1 cm³/mol. The molecule has 0 saturated heterocycles. The summed E-state index contributed by atoms with van der Waals surface area (Å²) in [6.45, 7) is 0.536. The number of ketones is 1. The molecule has 0 saturated carbocycles. The first-order valence-electron chi connectivity index (χ1n) is 6.22. The summed E-state index contributed by atoms with van der Waals surface area (Å²) in [6, 6.07) is 14.3. The van der Waals surface area contributed by atoms with Crippen molar-refractivity contribution in [3.8, 4) is 0 Å². The van der Waals surface area contributed by atoms with Gasteiger partial charge in [0.15, 0.2) is 0 Å². The van der Waals surface area contributed by atoms with Crippen LogP contribution in [0.15, 0.2) is 65.4 Å². The Morgan fingerprint density at radius 3 is 2.60 bits per heavy atom. The van der Waals surface area contributed by atoms with Crippen molar-refractivity contribution >= 4 is 17.4 Å². The van der Waals surface area contributed by atoms with Crippen LogP contribution in [-0.2, 0) is 6.54 Å². The van der Waals surface area contributed by atoms with E-state index in [1.54, 1.807) is 36.6 Å². The number of aromatic nitrogens is 1. The number of nitrogens with zero attached hydrogens (tertiary/aromatic N) is 1. The maximum Gasteiger partial charge on any atom is 0.209 e. The number of benzene rings is 1. The Balaban J connectivity index is 1.89. The van der Waals surface area contributed by atoms with Crippen LogP contribution in [-0.4, -0.2) is 10.4 Å². The van der Waals surface area contributed by atoms with Gasteiger partial charge in [0.1, 0.15) is 5.76 Å². The second-order valence-corrected chi connectivity index (χ2v) is 4.87. The molecule has 3 aromatic rings. The summed E-state index contributed by atoms with van der Waals surface area (Å²) < 4.78 is 7.18. The number of carbonyl (C=O) groups excluding carboxylic acids is 1. The second kappa shape index (κ2) is 5.39. The summed E-state index contributed by atoms with van der Waals surface area (Å²) in [5.41, 5.74) is 1.25. The molecule has 0 radical (unpaired) electrons. The van der Waals surface area contributed by atoms with Gasteiger partial charge in [-0.25, -0.2) is 0 Å². The molecule has 20 heavy (non-hydrogen) atoms. The molecule has 2 heterocycles. The van der Waals surface area contributed by atoms with E-state index in [1.165, 1.54) is 0 Å². The van der Waals surface area contributed by atoms with E-state index < -0.39 is 0 Å². The molecular formula is C16H12ClNO2. The van der Waals surface area contributed by atoms with E-state index >= 15 is 0 Å². The van der Waals surface area contributed by atoms with Crippen LogP contribution < -0.4 is 0 Å². The summed E-state index contributed by atoms with van der Waals surface area (Å²) >= 11 is 5.84. The largest absolute Gasteiger partial charge is 0.467 e. The molecule has 0 aliphatic rings. The molecule has 0 aliphatic heterocycles. The topological polar surface area (TPSA) is 35.1 Å². The zero-order valence-corrected chi connectivity index (χ0v) is 11.4. The van der Waals surface area contributed by atoms with Crippen LogP contribution in [0, 0.1) is 0 Å². The van der Waals surface area contributed by atoms with E-state index in [0.717, 1.165) is 5.76 Å². The van der Waals surface area contributed by atoms with Crippen LogP contribution in [0.5, 0.6) is 0 Å². The van der Waals surface area contributed by atoms with Crippen molar-refractivity contribution in [2.24, 2.45) is 0 Å². The maximum atomic E-state index is 12.5. The molecule has 0 N–H and O–H groups in total. The molecule has 2 aromatic heterocycles. The van der Waals surface area contributed by atoms with Crippen molar-refractivity contribution in [3.63, 3.8) is 0 Å². The monoisotopic (exact) mass is 285 g/mol. The standard InChI is InChI=1S/C16H12ClNO2/c17-13-7-5-12(6-8-13)16(19)15-4-1-9-18(15)11-14-3-2-10-20-14/h1-10H,11H2. The molecule has 0 unspecified atom stereocenters. The van der Waals surface area contributed by atoms with Gasteiger partial charge in [0.05, 0.1) is 18.5 Å². The summed E-state index contributed by atoms with van der Waals surface area (Å²) in [4.78, 5) is 12.5. The van der Waals surface area contributed by atoms with Gasteiger partial charge >= 0.3 is 0 Å². The highest BCUT2D eigenvalue weighted by molar-refractivity contribution is 6.30. The zero-order valence-electron chi connectivity index (χ0n) is 10.6. The van der Waals surface area contributed by atoms with Gasteiger partial charge in [-0.1, -0.05) is 11.6 Å². The SMILES string of the molecule is O=C(c1ccc(Cl)cc1)c1cccn1Cc1ccco1. The predicted octanol–water partition coefficient (Wildman–Crippen LogP) is 4.01. The van der Waals surface area contributed by atoms with Gasteiger partial charge in [0, 0.05) is 16.8 Å². The van der Waals surface area contributed by atoms with Gasteiger partial charge < -0.3 is 8.98 Å². The van der Waals surface area contributed by atoms with Gasteiger partial charge in [0.25, 0.3) is 0 Å². The summed E-state index contributed by atoms with van der Waals surface area (Å²) in [5, 5.41) is 0.618. The van der Waals surface area contributed by atoms with E-state index in [9.17, 15) is 4.79 Å². The lowest BCUT2D eigenvalue weighted by Gasteiger charge is -2.07. The molecule has 4 heteroatoms. The van der Waals surface area contributed by atoms with Gasteiger partial charge in [-0.3, -0.25) is 4.79 Å². The Morgan fingerprint density at radius 2 is 1.90 bits per heavy atom. The lowest BCUT2D eigenvalue weighted by molar-refractivity contribution is 0.103. The smallest absolute Gasteiger partial charge is 0.209 e. The minimum atomic E-state index is -0.0294. The highest BCUT2D eigenvalue weighted by Crippen LogP contribution is 2.15. The third kappa shape index (κ3) is 2.53. The third-order valence-corrected chi connectivity index (χ3v) is 3.33. The van der Waals surface area contributed by atoms with Crippen molar-refractivity contribution in [2.45, 2.75) is 6.54 Å². The van der Waals surface area contributed by atoms with Gasteiger partial charge in [0.2, 0.25) is 5.78 Å². The van der Waals surface area contributed by atoms with Crippen molar-refractivity contribution in [1.29, 1.82) is 0 Å². The van der Waals surface area contributed by atoms with E-state index in [4.69, 9.17) is 16.0 Å². The highest BCUT2D eigenvalue weighted by atomic mass is 35.5. The average Bonchev–Trinajstić information content (AvgIpc) is 3.11. The fourth-order valence-corrected chi connectivity index (χ4v) is 2.20. The Bertz CT molecular complexity index is 711. The quantitative estimate of drug-likeness (QED) is 0.679. The van der Waals surface area contributed by atoms with Gasteiger partial charge in [-0.05, 0) is 48.5 Å². The van der Waals surface area contributed by atoms with Crippen molar-refractivity contribution in [3.05, 3.63) is 83.0 Å². The number of hydrogen-bond donors (Lipinski definition) is 0. The summed E-state index contributed by atoms with van der Waals surface area (Å²) in [5.74, 6) is 0.782. The van der Waals surface area contributed by atoms with E-state index in [2.05, 4.69) is 0 Å². The fourth-order valence-electron chi connectivity index (χ4n) is 2.08. The number of halogens is 1. The lowest BCUT2D eigenvalue weighted by atomic mass is 10.1. The van der Waals surface area contributed by atoms with Gasteiger partial charge in [-0.15, -0.1) is 0 Å². The fraction of sp³-hybridized carbons (Fsp3) is 0.0625. The van der Waals surface area contributed by atoms with Crippen molar-refractivity contribution in [2.75, 3.05) is 0 Å². The van der Waals surface area contributed by atoms with E-state index in [-0.39, 0.29) is 5.78 Å². The van der Waals surface area contributed by atoms with Crippen molar-refractivity contribution in [1.82, 2.24) is 4.57 Å². The first kappa shape index (κ1) is 12.8. The minimum Gasteiger partial charge on any atom is -0.467 e. The first-order chi connectivity index (χ1) is 9.74. The molecule has 0 spiro atoms. The van der Waals surface area contributed by atoms with Crippen LogP contribution in [0.1, 0.15) is 21.8 Å². The molecule has 0 amide bonds.